The average molecular weight is 250 g/mol. The third-order valence-electron chi connectivity index (χ3n) is 2.22. The fourth-order valence-electron chi connectivity index (χ4n) is 1.29. The number of hydrogen-bond acceptors (Lipinski definition) is 4. The second kappa shape index (κ2) is 5.21. The molecular formula is C10H11FN6O. The van der Waals surface area contributed by atoms with Gasteiger partial charge in [0.25, 0.3) is 5.91 Å². The highest BCUT2D eigenvalue weighted by Crippen LogP contribution is 2.02. The number of carbonyl (C=O) groups is 1. The zero-order valence-electron chi connectivity index (χ0n) is 9.59. The van der Waals surface area contributed by atoms with E-state index in [-0.39, 0.29) is 11.3 Å². The Bertz CT molecular complexity index is 559. The van der Waals surface area contributed by atoms with Crippen molar-refractivity contribution < 1.29 is 9.18 Å². The zero-order valence-corrected chi connectivity index (χ0v) is 9.59. The van der Waals surface area contributed by atoms with Crippen molar-refractivity contribution in [2.75, 3.05) is 0 Å². The molecule has 0 bridgehead atoms. The van der Waals surface area contributed by atoms with Crippen molar-refractivity contribution in [3.8, 4) is 0 Å². The van der Waals surface area contributed by atoms with Gasteiger partial charge in [-0.3, -0.25) is 9.89 Å². The van der Waals surface area contributed by atoms with E-state index in [4.69, 9.17) is 0 Å². The number of nitrogens with zero attached hydrogens (tertiary/aromatic N) is 4. The molecule has 2 aromatic rings. The van der Waals surface area contributed by atoms with E-state index in [1.807, 2.05) is 0 Å². The van der Waals surface area contributed by atoms with Gasteiger partial charge in [-0.15, -0.1) is 0 Å². The molecule has 7 nitrogen and oxygen atoms in total. The summed E-state index contributed by atoms with van der Waals surface area (Å²) in [7, 11) is 0. The normalized spacial score (nSPS) is 11.0. The number of aromatic amines is 1. The van der Waals surface area contributed by atoms with Gasteiger partial charge in [-0.05, 0) is 13.0 Å². The molecule has 0 aliphatic carbocycles. The van der Waals surface area contributed by atoms with Crippen molar-refractivity contribution in [3.63, 3.8) is 0 Å². The number of amides is 1. The maximum absolute atomic E-state index is 13.5. The molecule has 0 aliphatic heterocycles. The number of aromatic nitrogens is 4. The highest BCUT2D eigenvalue weighted by molar-refractivity contribution is 5.92. The summed E-state index contributed by atoms with van der Waals surface area (Å²) in [6, 6.07) is 1.50. The predicted molar refractivity (Wildman–Crippen MR) is 61.5 cm³/mol. The van der Waals surface area contributed by atoms with Crippen molar-refractivity contribution in [2.45, 2.75) is 13.5 Å². The van der Waals surface area contributed by atoms with Crippen molar-refractivity contribution in [1.29, 1.82) is 0 Å². The standard InChI is InChI=1S/C10H11FN6O/c1-2-17-9(11)7(6-14-17)5-13-16-10(18)8-3-4-12-15-8/h3-6H,2H2,1H3,(H,12,15)(H,16,18)/b13-5+. The first-order valence-corrected chi connectivity index (χ1v) is 5.26. The molecule has 8 heteroatoms. The van der Waals surface area contributed by atoms with Crippen LogP contribution in [0.3, 0.4) is 0 Å². The van der Waals surface area contributed by atoms with E-state index >= 15 is 0 Å². The van der Waals surface area contributed by atoms with Crippen LogP contribution in [0.1, 0.15) is 23.0 Å². The summed E-state index contributed by atoms with van der Waals surface area (Å²) in [4.78, 5) is 11.4. The molecule has 0 radical (unpaired) electrons. The Labute approximate surface area is 102 Å². The van der Waals surface area contributed by atoms with E-state index in [2.05, 4.69) is 25.8 Å². The molecular weight excluding hydrogens is 239 g/mol. The Morgan fingerprint density at radius 2 is 2.56 bits per heavy atom. The predicted octanol–water partition coefficient (Wildman–Crippen LogP) is 0.529. The van der Waals surface area contributed by atoms with E-state index < -0.39 is 11.9 Å². The largest absolute Gasteiger partial charge is 0.289 e. The van der Waals surface area contributed by atoms with Crippen molar-refractivity contribution in [2.24, 2.45) is 5.10 Å². The Kier molecular flexibility index (Phi) is 3.46. The molecule has 2 aromatic heterocycles. The highest BCUT2D eigenvalue weighted by Gasteiger charge is 2.07. The van der Waals surface area contributed by atoms with Gasteiger partial charge in [-0.2, -0.15) is 19.7 Å². The monoisotopic (exact) mass is 250 g/mol. The number of aryl methyl sites for hydroxylation is 1. The second-order valence-corrected chi connectivity index (χ2v) is 3.38. The molecule has 0 atom stereocenters. The van der Waals surface area contributed by atoms with Crippen LogP contribution in [0.5, 0.6) is 0 Å². The Morgan fingerprint density at radius 3 is 3.17 bits per heavy atom. The van der Waals surface area contributed by atoms with Crippen LogP contribution in [0, 0.1) is 5.95 Å². The summed E-state index contributed by atoms with van der Waals surface area (Å²) < 4.78 is 14.7. The molecule has 1 amide bonds. The number of hydrazone groups is 1. The van der Waals surface area contributed by atoms with Crippen molar-refractivity contribution >= 4 is 12.1 Å². The van der Waals surface area contributed by atoms with Gasteiger partial charge in [0.2, 0.25) is 5.95 Å². The fourth-order valence-corrected chi connectivity index (χ4v) is 1.29. The Hall–Kier alpha value is -2.51. The van der Waals surface area contributed by atoms with Crippen LogP contribution in [0.15, 0.2) is 23.6 Å². The SMILES string of the molecule is CCn1ncc(/C=N/NC(=O)c2ccn[nH]2)c1F. The first kappa shape index (κ1) is 12.0. The average Bonchev–Trinajstić information content (AvgIpc) is 3.00. The molecule has 0 aromatic carbocycles. The number of hydrogen-bond donors (Lipinski definition) is 2. The van der Waals surface area contributed by atoms with Crippen LogP contribution >= 0.6 is 0 Å². The number of carbonyl (C=O) groups excluding carboxylic acids is 1. The molecule has 0 spiro atoms. The van der Waals surface area contributed by atoms with Crippen LogP contribution in [0.4, 0.5) is 4.39 Å². The lowest BCUT2D eigenvalue weighted by atomic mass is 10.4. The number of nitrogens with one attached hydrogen (secondary N) is 2. The van der Waals surface area contributed by atoms with Crippen LogP contribution < -0.4 is 5.43 Å². The van der Waals surface area contributed by atoms with Gasteiger partial charge in [0.1, 0.15) is 5.69 Å². The van der Waals surface area contributed by atoms with E-state index in [0.717, 1.165) is 0 Å². The van der Waals surface area contributed by atoms with Crippen LogP contribution in [-0.4, -0.2) is 32.1 Å². The van der Waals surface area contributed by atoms with Gasteiger partial charge >= 0.3 is 0 Å². The lowest BCUT2D eigenvalue weighted by Gasteiger charge is -1.95. The topological polar surface area (TPSA) is 88.0 Å². The van der Waals surface area contributed by atoms with Gasteiger partial charge < -0.3 is 0 Å². The lowest BCUT2D eigenvalue weighted by molar-refractivity contribution is 0.0950. The summed E-state index contributed by atoms with van der Waals surface area (Å²) in [6.45, 7) is 2.21. The maximum atomic E-state index is 13.5. The van der Waals surface area contributed by atoms with Gasteiger partial charge in [0.15, 0.2) is 0 Å². The molecule has 2 heterocycles. The maximum Gasteiger partial charge on any atom is 0.289 e. The first-order chi connectivity index (χ1) is 8.72. The van der Waals surface area contributed by atoms with E-state index in [1.165, 1.54) is 29.4 Å². The number of halogens is 1. The third-order valence-corrected chi connectivity index (χ3v) is 2.22. The van der Waals surface area contributed by atoms with Gasteiger partial charge in [-0.1, -0.05) is 0 Å². The minimum atomic E-state index is -0.489. The van der Waals surface area contributed by atoms with E-state index in [9.17, 15) is 9.18 Å². The van der Waals surface area contributed by atoms with Gasteiger partial charge in [0.05, 0.1) is 18.0 Å². The Morgan fingerprint density at radius 1 is 1.72 bits per heavy atom. The number of H-pyrrole nitrogens is 1. The minimum Gasteiger partial charge on any atom is -0.273 e. The summed E-state index contributed by atoms with van der Waals surface area (Å²) in [5, 5.41) is 13.6. The molecule has 0 aliphatic rings. The summed E-state index contributed by atoms with van der Waals surface area (Å²) in [5.41, 5.74) is 2.73. The lowest BCUT2D eigenvalue weighted by Crippen LogP contribution is -2.18. The molecule has 94 valence electrons. The van der Waals surface area contributed by atoms with Crippen molar-refractivity contribution in [1.82, 2.24) is 25.4 Å². The van der Waals surface area contributed by atoms with E-state index in [0.29, 0.717) is 6.54 Å². The third kappa shape index (κ3) is 2.42. The van der Waals surface area contributed by atoms with Crippen molar-refractivity contribution in [3.05, 3.63) is 35.7 Å². The summed E-state index contributed by atoms with van der Waals surface area (Å²) >= 11 is 0. The molecule has 0 fully saturated rings. The van der Waals surface area contributed by atoms with E-state index in [1.54, 1.807) is 6.92 Å². The smallest absolute Gasteiger partial charge is 0.273 e. The first-order valence-electron chi connectivity index (χ1n) is 5.26. The van der Waals surface area contributed by atoms with Gasteiger partial charge in [0, 0.05) is 12.7 Å². The highest BCUT2D eigenvalue weighted by atomic mass is 19.1. The zero-order chi connectivity index (χ0) is 13.0. The number of rotatable bonds is 4. The molecule has 0 saturated carbocycles. The molecule has 0 unspecified atom stereocenters. The van der Waals surface area contributed by atoms with Gasteiger partial charge in [-0.25, -0.2) is 10.1 Å². The second-order valence-electron chi connectivity index (χ2n) is 3.38. The van der Waals surface area contributed by atoms with Crippen LogP contribution in [0.2, 0.25) is 0 Å². The summed E-state index contributed by atoms with van der Waals surface area (Å²) in [5.74, 6) is -0.941. The molecule has 0 saturated heterocycles. The van der Waals surface area contributed by atoms with Crippen LogP contribution in [0.25, 0.3) is 0 Å². The van der Waals surface area contributed by atoms with Crippen LogP contribution in [-0.2, 0) is 6.54 Å². The molecule has 2 N–H and O–H groups in total. The summed E-state index contributed by atoms with van der Waals surface area (Å²) in [6.07, 6.45) is 3.98. The molecule has 2 rings (SSSR count). The minimum absolute atomic E-state index is 0.210. The fraction of sp³-hybridized carbons (Fsp3) is 0.200. The quantitative estimate of drug-likeness (QED) is 0.612. The molecule has 18 heavy (non-hydrogen) atoms. The Balaban J connectivity index is 1.99.